The maximum atomic E-state index is 12.8. The molecule has 1 aliphatic heterocycles. The molecule has 0 unspecified atom stereocenters. The van der Waals surface area contributed by atoms with Gasteiger partial charge in [-0.05, 0) is 31.5 Å². The molecule has 1 saturated heterocycles. The summed E-state index contributed by atoms with van der Waals surface area (Å²) in [5, 5.41) is 5.49. The van der Waals surface area contributed by atoms with Crippen LogP contribution in [0, 0.1) is 11.6 Å². The lowest BCUT2D eigenvalue weighted by Crippen LogP contribution is -2.35. The summed E-state index contributed by atoms with van der Waals surface area (Å²) in [6.45, 7) is 0.801. The van der Waals surface area contributed by atoms with E-state index >= 15 is 0 Å². The normalized spacial score (nSPS) is 18.6. The van der Waals surface area contributed by atoms with E-state index in [1.54, 1.807) is 0 Å². The topological polar surface area (TPSA) is 41.1 Å². The Labute approximate surface area is 104 Å². The molecule has 2 N–H and O–H groups in total. The molecule has 0 bridgehead atoms. The minimum atomic E-state index is -0.699. The number of benzene rings is 1. The van der Waals surface area contributed by atoms with E-state index in [1.165, 1.54) is 0 Å². The molecule has 3 nitrogen and oxygen atoms in total. The molecule has 2 rings (SSSR count). The average Bonchev–Trinajstić information content (AvgIpc) is 2.68. The van der Waals surface area contributed by atoms with Gasteiger partial charge in [-0.2, -0.15) is 0 Å². The number of carbonyl (C=O) groups is 1. The maximum Gasteiger partial charge on any atom is 0.241 e. The minimum absolute atomic E-state index is 0. The summed E-state index contributed by atoms with van der Waals surface area (Å²) < 4.78 is 25.7. The highest BCUT2D eigenvalue weighted by atomic mass is 35.5. The second kappa shape index (κ2) is 5.93. The van der Waals surface area contributed by atoms with Crippen molar-refractivity contribution in [3.63, 3.8) is 0 Å². The van der Waals surface area contributed by atoms with Crippen molar-refractivity contribution >= 4 is 24.0 Å². The number of hydrogen-bond acceptors (Lipinski definition) is 2. The van der Waals surface area contributed by atoms with E-state index in [1.807, 2.05) is 0 Å². The number of rotatable bonds is 2. The summed E-state index contributed by atoms with van der Waals surface area (Å²) in [6.07, 6.45) is 1.69. The van der Waals surface area contributed by atoms with E-state index in [9.17, 15) is 13.6 Å². The predicted molar refractivity (Wildman–Crippen MR) is 63.3 cm³/mol. The van der Waals surface area contributed by atoms with Crippen LogP contribution >= 0.6 is 12.4 Å². The number of carbonyl (C=O) groups excluding carboxylic acids is 1. The first kappa shape index (κ1) is 13.9. The van der Waals surface area contributed by atoms with Gasteiger partial charge in [0.25, 0.3) is 0 Å². The van der Waals surface area contributed by atoms with Crippen molar-refractivity contribution in [2.24, 2.45) is 0 Å². The molecule has 0 aliphatic carbocycles. The second-order valence-electron chi connectivity index (χ2n) is 3.80. The predicted octanol–water partition coefficient (Wildman–Crippen LogP) is 2.08. The molecule has 1 amide bonds. The lowest BCUT2D eigenvalue weighted by atomic mass is 10.2. The van der Waals surface area contributed by atoms with E-state index in [-0.39, 0.29) is 30.0 Å². The van der Waals surface area contributed by atoms with Gasteiger partial charge in [0.05, 0.1) is 6.04 Å². The number of halogens is 3. The molecule has 0 aromatic heterocycles. The summed E-state index contributed by atoms with van der Waals surface area (Å²) in [6, 6.07) is 2.70. The van der Waals surface area contributed by atoms with Crippen LogP contribution in [-0.4, -0.2) is 18.5 Å². The number of hydrogen-bond donors (Lipinski definition) is 2. The van der Waals surface area contributed by atoms with Gasteiger partial charge in [0.2, 0.25) is 5.91 Å². The van der Waals surface area contributed by atoms with Crippen molar-refractivity contribution in [3.8, 4) is 0 Å². The molecule has 6 heteroatoms. The second-order valence-corrected chi connectivity index (χ2v) is 3.80. The molecule has 1 atom stereocenters. The zero-order valence-corrected chi connectivity index (χ0v) is 9.82. The van der Waals surface area contributed by atoms with Gasteiger partial charge in [-0.1, -0.05) is 0 Å². The first-order valence-corrected chi connectivity index (χ1v) is 5.15. The van der Waals surface area contributed by atoms with Crippen LogP contribution in [0.1, 0.15) is 12.8 Å². The highest BCUT2D eigenvalue weighted by Crippen LogP contribution is 2.14. The van der Waals surface area contributed by atoms with Gasteiger partial charge in [0.15, 0.2) is 0 Å². The quantitative estimate of drug-likeness (QED) is 0.857. The van der Waals surface area contributed by atoms with Crippen molar-refractivity contribution in [1.82, 2.24) is 5.32 Å². The standard InChI is InChI=1S/C11H12F2N2O.ClH/c12-7-4-8(13)6-9(5-7)15-11(16)10-2-1-3-14-10;/h4-6,10,14H,1-3H2,(H,15,16);1H/t10-;/m0./s1. The van der Waals surface area contributed by atoms with Crippen LogP contribution < -0.4 is 10.6 Å². The molecule has 0 radical (unpaired) electrons. The van der Waals surface area contributed by atoms with Gasteiger partial charge in [-0.15, -0.1) is 12.4 Å². The SMILES string of the molecule is Cl.O=C(Nc1cc(F)cc(F)c1)[C@@H]1CCCN1. The van der Waals surface area contributed by atoms with Crippen LogP contribution in [0.4, 0.5) is 14.5 Å². The van der Waals surface area contributed by atoms with Gasteiger partial charge >= 0.3 is 0 Å². The Kier molecular flexibility index (Phi) is 4.84. The Morgan fingerprint density at radius 1 is 1.29 bits per heavy atom. The minimum Gasteiger partial charge on any atom is -0.325 e. The molecular formula is C11H13ClF2N2O. The average molecular weight is 263 g/mol. The molecule has 1 fully saturated rings. The Morgan fingerprint density at radius 3 is 2.47 bits per heavy atom. The van der Waals surface area contributed by atoms with Crippen molar-refractivity contribution in [2.45, 2.75) is 18.9 Å². The zero-order chi connectivity index (χ0) is 11.5. The molecule has 1 aromatic carbocycles. The summed E-state index contributed by atoms with van der Waals surface area (Å²) in [4.78, 5) is 11.6. The summed E-state index contributed by atoms with van der Waals surface area (Å²) in [7, 11) is 0. The van der Waals surface area contributed by atoms with Crippen molar-refractivity contribution < 1.29 is 13.6 Å². The molecule has 94 valence electrons. The molecule has 1 heterocycles. The third kappa shape index (κ3) is 3.64. The Hall–Kier alpha value is -1.20. The van der Waals surface area contributed by atoms with Gasteiger partial charge in [0, 0.05) is 11.8 Å². The van der Waals surface area contributed by atoms with E-state index in [4.69, 9.17) is 0 Å². The molecule has 0 saturated carbocycles. The van der Waals surface area contributed by atoms with Crippen LogP contribution in [0.15, 0.2) is 18.2 Å². The highest BCUT2D eigenvalue weighted by Gasteiger charge is 2.22. The van der Waals surface area contributed by atoms with E-state index in [0.29, 0.717) is 0 Å². The Bertz CT molecular complexity index is 388. The van der Waals surface area contributed by atoms with Crippen LogP contribution in [0.25, 0.3) is 0 Å². The summed E-state index contributed by atoms with van der Waals surface area (Å²) in [5.74, 6) is -1.65. The lowest BCUT2D eigenvalue weighted by Gasteiger charge is -2.11. The van der Waals surface area contributed by atoms with Gasteiger partial charge in [-0.3, -0.25) is 4.79 Å². The Morgan fingerprint density at radius 2 is 1.94 bits per heavy atom. The molecular weight excluding hydrogens is 250 g/mol. The number of anilines is 1. The fourth-order valence-corrected chi connectivity index (χ4v) is 1.76. The fraction of sp³-hybridized carbons (Fsp3) is 0.364. The largest absolute Gasteiger partial charge is 0.325 e. The van der Waals surface area contributed by atoms with Crippen LogP contribution in [0.2, 0.25) is 0 Å². The van der Waals surface area contributed by atoms with Crippen LogP contribution in [0.5, 0.6) is 0 Å². The maximum absolute atomic E-state index is 12.8. The van der Waals surface area contributed by atoms with Crippen molar-refractivity contribution in [3.05, 3.63) is 29.8 Å². The third-order valence-electron chi connectivity index (χ3n) is 2.51. The fourth-order valence-electron chi connectivity index (χ4n) is 1.76. The van der Waals surface area contributed by atoms with Crippen molar-refractivity contribution in [2.75, 3.05) is 11.9 Å². The van der Waals surface area contributed by atoms with Gasteiger partial charge in [-0.25, -0.2) is 8.78 Å². The van der Waals surface area contributed by atoms with E-state index in [2.05, 4.69) is 10.6 Å². The molecule has 0 spiro atoms. The van der Waals surface area contributed by atoms with Crippen LogP contribution in [-0.2, 0) is 4.79 Å². The van der Waals surface area contributed by atoms with E-state index < -0.39 is 11.6 Å². The van der Waals surface area contributed by atoms with Gasteiger partial charge < -0.3 is 10.6 Å². The summed E-state index contributed by atoms with van der Waals surface area (Å²) >= 11 is 0. The first-order chi connectivity index (χ1) is 7.65. The van der Waals surface area contributed by atoms with Gasteiger partial charge in [0.1, 0.15) is 11.6 Å². The number of nitrogens with one attached hydrogen (secondary N) is 2. The van der Waals surface area contributed by atoms with Crippen molar-refractivity contribution in [1.29, 1.82) is 0 Å². The number of amides is 1. The molecule has 1 aliphatic rings. The lowest BCUT2D eigenvalue weighted by molar-refractivity contribution is -0.117. The first-order valence-electron chi connectivity index (χ1n) is 5.15. The third-order valence-corrected chi connectivity index (χ3v) is 2.51. The zero-order valence-electron chi connectivity index (χ0n) is 9.00. The molecule has 17 heavy (non-hydrogen) atoms. The van der Waals surface area contributed by atoms with Crippen LogP contribution in [0.3, 0.4) is 0 Å². The van der Waals surface area contributed by atoms with E-state index in [0.717, 1.165) is 37.6 Å². The monoisotopic (exact) mass is 262 g/mol. The summed E-state index contributed by atoms with van der Waals surface area (Å²) in [5.41, 5.74) is 0.149. The highest BCUT2D eigenvalue weighted by molar-refractivity contribution is 5.95. The Balaban J connectivity index is 0.00000144. The molecule has 1 aromatic rings. The smallest absolute Gasteiger partial charge is 0.241 e.